The molecular weight excluding hydrogens is 310 g/mol. The second-order valence-corrected chi connectivity index (χ2v) is 6.31. The van der Waals surface area contributed by atoms with Crippen LogP contribution in [-0.2, 0) is 13.0 Å². The van der Waals surface area contributed by atoms with Crippen molar-refractivity contribution < 1.29 is 14.3 Å². The maximum Gasteiger partial charge on any atom is 0.264 e. The number of para-hydroxylation sites is 1. The first-order chi connectivity index (χ1) is 11.2. The highest BCUT2D eigenvalue weighted by Gasteiger charge is 2.22. The zero-order valence-corrected chi connectivity index (χ0v) is 14.3. The lowest BCUT2D eigenvalue weighted by Gasteiger charge is -2.25. The second kappa shape index (κ2) is 7.04. The number of hydrogen-bond donors (Lipinski definition) is 0. The smallest absolute Gasteiger partial charge is 0.264 e. The molecule has 1 aliphatic rings. The summed E-state index contributed by atoms with van der Waals surface area (Å²) in [6.45, 7) is 6.39. The van der Waals surface area contributed by atoms with Gasteiger partial charge in [0.1, 0.15) is 13.2 Å². The molecule has 0 saturated heterocycles. The molecule has 2 aromatic rings. The summed E-state index contributed by atoms with van der Waals surface area (Å²) in [4.78, 5) is 15.6. The number of aryl methyl sites for hydroxylation is 1. The van der Waals surface area contributed by atoms with Crippen molar-refractivity contribution in [3.05, 3.63) is 45.6 Å². The molecule has 0 aliphatic carbocycles. The van der Waals surface area contributed by atoms with E-state index in [-0.39, 0.29) is 5.91 Å². The Hall–Kier alpha value is -2.01. The van der Waals surface area contributed by atoms with E-state index in [9.17, 15) is 4.79 Å². The first-order valence-electron chi connectivity index (χ1n) is 7.97. The van der Waals surface area contributed by atoms with Crippen LogP contribution in [0.25, 0.3) is 0 Å². The summed E-state index contributed by atoms with van der Waals surface area (Å²) in [6.07, 6.45) is 0.875. The Bertz CT molecular complexity index is 695. The maximum atomic E-state index is 12.9. The number of thiophene rings is 1. The lowest BCUT2D eigenvalue weighted by atomic mass is 10.1. The van der Waals surface area contributed by atoms with Gasteiger partial charge in [0.15, 0.2) is 11.5 Å². The van der Waals surface area contributed by atoms with Gasteiger partial charge in [-0.1, -0.05) is 19.1 Å². The van der Waals surface area contributed by atoms with Crippen LogP contribution in [-0.4, -0.2) is 30.6 Å². The first kappa shape index (κ1) is 15.9. The Balaban J connectivity index is 1.84. The fourth-order valence-corrected chi connectivity index (χ4v) is 3.70. The minimum atomic E-state index is 0.0914. The predicted molar refractivity (Wildman–Crippen MR) is 91.5 cm³/mol. The van der Waals surface area contributed by atoms with Crippen molar-refractivity contribution >= 4 is 17.2 Å². The molecule has 0 saturated carbocycles. The van der Waals surface area contributed by atoms with Crippen LogP contribution in [0.15, 0.2) is 29.6 Å². The SMILES string of the molecule is CCc1ccsc1C(=O)N(CC)Cc1cccc2c1OCCO2. The average molecular weight is 331 g/mol. The van der Waals surface area contributed by atoms with E-state index in [0.717, 1.165) is 33.9 Å². The van der Waals surface area contributed by atoms with Gasteiger partial charge in [-0.15, -0.1) is 11.3 Å². The summed E-state index contributed by atoms with van der Waals surface area (Å²) in [7, 11) is 0. The van der Waals surface area contributed by atoms with Gasteiger partial charge < -0.3 is 14.4 Å². The summed E-state index contributed by atoms with van der Waals surface area (Å²) in [5.74, 6) is 1.63. The molecule has 1 aliphatic heterocycles. The number of rotatable bonds is 5. The highest BCUT2D eigenvalue weighted by molar-refractivity contribution is 7.12. The Morgan fingerprint density at radius 1 is 1.17 bits per heavy atom. The van der Waals surface area contributed by atoms with Crippen molar-refractivity contribution in [1.82, 2.24) is 4.90 Å². The van der Waals surface area contributed by atoms with Gasteiger partial charge in [-0.25, -0.2) is 0 Å². The van der Waals surface area contributed by atoms with Crippen molar-refractivity contribution in [3.63, 3.8) is 0 Å². The summed E-state index contributed by atoms with van der Waals surface area (Å²) in [5, 5.41) is 1.99. The number of fused-ring (bicyclic) bond motifs is 1. The number of nitrogens with zero attached hydrogens (tertiary/aromatic N) is 1. The lowest BCUT2D eigenvalue weighted by Crippen LogP contribution is -2.31. The Morgan fingerprint density at radius 3 is 2.78 bits per heavy atom. The molecule has 0 N–H and O–H groups in total. The van der Waals surface area contributed by atoms with E-state index in [0.29, 0.717) is 26.3 Å². The zero-order chi connectivity index (χ0) is 16.2. The third kappa shape index (κ3) is 3.20. The van der Waals surface area contributed by atoms with Gasteiger partial charge in [-0.05, 0) is 36.4 Å². The quantitative estimate of drug-likeness (QED) is 0.838. The standard InChI is InChI=1S/C18H21NO3S/c1-3-13-8-11-23-17(13)18(20)19(4-2)12-14-6-5-7-15-16(14)22-10-9-21-15/h5-8,11H,3-4,9-10,12H2,1-2H3. The number of ether oxygens (including phenoxy) is 2. The normalized spacial score (nSPS) is 13.0. The van der Waals surface area contributed by atoms with Gasteiger partial charge in [0.25, 0.3) is 5.91 Å². The third-order valence-electron chi connectivity index (χ3n) is 4.00. The molecule has 1 aromatic heterocycles. The van der Waals surface area contributed by atoms with Crippen LogP contribution in [0.2, 0.25) is 0 Å². The molecule has 1 amide bonds. The number of benzene rings is 1. The largest absolute Gasteiger partial charge is 0.486 e. The van der Waals surface area contributed by atoms with Crippen LogP contribution >= 0.6 is 11.3 Å². The second-order valence-electron chi connectivity index (χ2n) is 5.39. The van der Waals surface area contributed by atoms with Gasteiger partial charge in [-0.2, -0.15) is 0 Å². The molecule has 0 atom stereocenters. The van der Waals surface area contributed by atoms with Crippen LogP contribution in [0.3, 0.4) is 0 Å². The summed E-state index contributed by atoms with van der Waals surface area (Å²) in [5.41, 5.74) is 2.11. The van der Waals surface area contributed by atoms with Crippen molar-refractivity contribution in [2.24, 2.45) is 0 Å². The van der Waals surface area contributed by atoms with Gasteiger partial charge in [-0.3, -0.25) is 4.79 Å². The lowest BCUT2D eigenvalue weighted by molar-refractivity contribution is 0.0753. The third-order valence-corrected chi connectivity index (χ3v) is 4.94. The van der Waals surface area contributed by atoms with Crippen LogP contribution in [0, 0.1) is 0 Å². The van der Waals surface area contributed by atoms with E-state index in [1.54, 1.807) is 0 Å². The highest BCUT2D eigenvalue weighted by atomic mass is 32.1. The zero-order valence-electron chi connectivity index (χ0n) is 13.5. The number of amides is 1. The minimum absolute atomic E-state index is 0.0914. The molecular formula is C18H21NO3S. The topological polar surface area (TPSA) is 38.8 Å². The van der Waals surface area contributed by atoms with Crippen molar-refractivity contribution in [2.75, 3.05) is 19.8 Å². The Kier molecular flexibility index (Phi) is 4.86. The van der Waals surface area contributed by atoms with E-state index in [2.05, 4.69) is 6.92 Å². The molecule has 0 bridgehead atoms. The van der Waals surface area contributed by atoms with E-state index < -0.39 is 0 Å². The molecule has 0 fully saturated rings. The molecule has 0 radical (unpaired) electrons. The van der Waals surface area contributed by atoms with Crippen LogP contribution in [0.4, 0.5) is 0 Å². The molecule has 5 heteroatoms. The van der Waals surface area contributed by atoms with Crippen LogP contribution in [0.1, 0.15) is 34.6 Å². The average Bonchev–Trinajstić information content (AvgIpc) is 3.08. The van der Waals surface area contributed by atoms with E-state index >= 15 is 0 Å². The number of carbonyl (C=O) groups is 1. The fourth-order valence-electron chi connectivity index (χ4n) is 2.74. The highest BCUT2D eigenvalue weighted by Crippen LogP contribution is 2.34. The maximum absolute atomic E-state index is 12.9. The van der Waals surface area contributed by atoms with Gasteiger partial charge in [0.2, 0.25) is 0 Å². The molecule has 3 rings (SSSR count). The molecule has 0 spiro atoms. The molecule has 1 aromatic carbocycles. The summed E-state index contributed by atoms with van der Waals surface area (Å²) < 4.78 is 11.4. The van der Waals surface area contributed by atoms with Gasteiger partial charge in [0.05, 0.1) is 4.88 Å². The van der Waals surface area contributed by atoms with Crippen molar-refractivity contribution in [1.29, 1.82) is 0 Å². The van der Waals surface area contributed by atoms with Crippen molar-refractivity contribution in [2.45, 2.75) is 26.8 Å². The Morgan fingerprint density at radius 2 is 2.00 bits per heavy atom. The van der Waals surface area contributed by atoms with Crippen LogP contribution < -0.4 is 9.47 Å². The monoisotopic (exact) mass is 331 g/mol. The van der Waals surface area contributed by atoms with E-state index in [1.807, 2.05) is 41.5 Å². The van der Waals surface area contributed by atoms with E-state index in [4.69, 9.17) is 9.47 Å². The Labute approximate surface area is 140 Å². The predicted octanol–water partition coefficient (Wildman–Crippen LogP) is 3.74. The molecule has 4 nitrogen and oxygen atoms in total. The number of carbonyl (C=O) groups excluding carboxylic acids is 1. The van der Waals surface area contributed by atoms with Gasteiger partial charge in [0, 0.05) is 18.7 Å². The van der Waals surface area contributed by atoms with Crippen LogP contribution in [0.5, 0.6) is 11.5 Å². The van der Waals surface area contributed by atoms with Gasteiger partial charge >= 0.3 is 0 Å². The number of hydrogen-bond acceptors (Lipinski definition) is 4. The summed E-state index contributed by atoms with van der Waals surface area (Å²) in [6, 6.07) is 7.89. The molecule has 23 heavy (non-hydrogen) atoms. The first-order valence-corrected chi connectivity index (χ1v) is 8.85. The summed E-state index contributed by atoms with van der Waals surface area (Å²) >= 11 is 1.52. The van der Waals surface area contributed by atoms with E-state index in [1.165, 1.54) is 11.3 Å². The molecule has 122 valence electrons. The molecule has 2 heterocycles. The molecule has 0 unspecified atom stereocenters. The van der Waals surface area contributed by atoms with Crippen molar-refractivity contribution in [3.8, 4) is 11.5 Å². The minimum Gasteiger partial charge on any atom is -0.486 e. The fraction of sp³-hybridized carbons (Fsp3) is 0.389.